The maximum absolute atomic E-state index is 11.1. The van der Waals surface area contributed by atoms with Crippen LogP contribution in [0.25, 0.3) is 0 Å². The number of hydrogen-bond donors (Lipinski definition) is 2. The molecule has 1 amide bonds. The summed E-state index contributed by atoms with van der Waals surface area (Å²) >= 11 is 0. The number of hydrogen-bond acceptors (Lipinski definition) is 4. The van der Waals surface area contributed by atoms with Gasteiger partial charge in [-0.05, 0) is 0 Å². The van der Waals surface area contributed by atoms with Gasteiger partial charge in [0.1, 0.15) is 0 Å². The minimum atomic E-state index is 0.0635. The summed E-state index contributed by atoms with van der Waals surface area (Å²) in [6.07, 6.45) is 0.549. The van der Waals surface area contributed by atoms with Gasteiger partial charge in [0, 0.05) is 24.5 Å². The van der Waals surface area contributed by atoms with E-state index in [2.05, 4.69) is 17.1 Å². The predicted molar refractivity (Wildman–Crippen MR) is 67.9 cm³/mol. The van der Waals surface area contributed by atoms with E-state index in [9.17, 15) is 4.79 Å². The number of nitrogens with two attached hydrogens (primary N) is 1. The molecule has 3 N–H and O–H groups in total. The summed E-state index contributed by atoms with van der Waals surface area (Å²) in [4.78, 5) is 11.1. The van der Waals surface area contributed by atoms with Gasteiger partial charge in [-0.15, -0.1) is 0 Å². The van der Waals surface area contributed by atoms with Gasteiger partial charge in [-0.25, -0.2) is 0 Å². The topological polar surface area (TPSA) is 55.1 Å². The van der Waals surface area contributed by atoms with E-state index >= 15 is 0 Å². The molecule has 6 heteroatoms. The van der Waals surface area contributed by atoms with Crippen molar-refractivity contribution in [3.05, 3.63) is 0 Å². The van der Waals surface area contributed by atoms with Crippen LogP contribution >= 0.6 is 21.6 Å². The summed E-state index contributed by atoms with van der Waals surface area (Å²) < 4.78 is 0. The van der Waals surface area contributed by atoms with E-state index < -0.39 is 0 Å². The van der Waals surface area contributed by atoms with Crippen molar-refractivity contribution in [3.8, 4) is 11.7 Å². The van der Waals surface area contributed by atoms with Crippen LogP contribution in [0.15, 0.2) is 0 Å². The minimum absolute atomic E-state index is 0.0635. The van der Waals surface area contributed by atoms with E-state index in [0.717, 1.165) is 11.5 Å². The normalized spacial score (nSPS) is 8.93. The van der Waals surface area contributed by atoms with Gasteiger partial charge in [-0.3, -0.25) is 4.79 Å². The Bertz CT molecular complexity index is 215. The van der Waals surface area contributed by atoms with E-state index in [1.165, 1.54) is 0 Å². The van der Waals surface area contributed by atoms with Crippen LogP contribution in [-0.4, -0.2) is 38.3 Å². The molecule has 0 rings (SSSR count). The zero-order valence-corrected chi connectivity index (χ0v) is 9.97. The first-order valence-corrected chi connectivity index (χ1v) is 6.91. The van der Waals surface area contributed by atoms with Gasteiger partial charge in [0.15, 0.2) is 7.85 Å². The molecule has 0 aromatic carbocycles. The Morgan fingerprint density at radius 3 is 2.79 bits per heavy atom. The fourth-order valence-electron chi connectivity index (χ4n) is 0.620. The Labute approximate surface area is 94.1 Å². The van der Waals surface area contributed by atoms with E-state index in [1.807, 2.05) is 0 Å². The van der Waals surface area contributed by atoms with Crippen LogP contribution in [0.2, 0.25) is 0 Å². The second-order valence-electron chi connectivity index (χ2n) is 2.39. The molecule has 0 spiro atoms. The van der Waals surface area contributed by atoms with Crippen LogP contribution in [-0.2, 0) is 4.79 Å². The molecule has 0 unspecified atom stereocenters. The van der Waals surface area contributed by atoms with Gasteiger partial charge >= 0.3 is 0 Å². The molecule has 14 heavy (non-hydrogen) atoms. The van der Waals surface area contributed by atoms with Crippen LogP contribution in [0.4, 0.5) is 0 Å². The smallest absolute Gasteiger partial charge is 0.221 e. The van der Waals surface area contributed by atoms with Crippen molar-refractivity contribution in [3.63, 3.8) is 0 Å². The Hall–Kier alpha value is -0.245. The average Bonchev–Trinajstić information content (AvgIpc) is 2.18. The highest BCUT2D eigenvalue weighted by molar-refractivity contribution is 8.76. The summed E-state index contributed by atoms with van der Waals surface area (Å²) in [5.74, 6) is 7.33. The molecule has 0 aliphatic heterocycles. The quantitative estimate of drug-likeness (QED) is 0.266. The van der Waals surface area contributed by atoms with Crippen molar-refractivity contribution in [2.24, 2.45) is 5.73 Å². The standard InChI is InChI=1S/C8H15BN2OS2/c9-3-1-5-11-8(12)2-6-13-14-7-4-10/h2,4-7,9-10H2,(H,11,12). The third kappa shape index (κ3) is 9.84. The van der Waals surface area contributed by atoms with Crippen molar-refractivity contribution in [1.29, 1.82) is 0 Å². The molecule has 0 atom stereocenters. The van der Waals surface area contributed by atoms with Crippen molar-refractivity contribution >= 4 is 35.3 Å². The van der Waals surface area contributed by atoms with E-state index in [0.29, 0.717) is 19.5 Å². The Morgan fingerprint density at radius 2 is 2.14 bits per heavy atom. The van der Waals surface area contributed by atoms with Crippen LogP contribution in [0.5, 0.6) is 0 Å². The second kappa shape index (κ2) is 10.8. The lowest BCUT2D eigenvalue weighted by Gasteiger charge is -2.00. The van der Waals surface area contributed by atoms with E-state index in [4.69, 9.17) is 5.73 Å². The lowest BCUT2D eigenvalue weighted by atomic mass is 10.2. The Kier molecular flexibility index (Phi) is 10.6. The van der Waals surface area contributed by atoms with Crippen LogP contribution in [0.3, 0.4) is 0 Å². The van der Waals surface area contributed by atoms with E-state index in [-0.39, 0.29) is 5.91 Å². The number of carbonyl (C=O) groups is 1. The average molecular weight is 230 g/mol. The molecule has 0 saturated carbocycles. The minimum Gasteiger partial charge on any atom is -0.345 e. The van der Waals surface area contributed by atoms with Crippen LogP contribution in [0.1, 0.15) is 6.42 Å². The summed E-state index contributed by atoms with van der Waals surface area (Å²) in [6, 6.07) is 0. The Morgan fingerprint density at radius 1 is 1.43 bits per heavy atom. The maximum atomic E-state index is 11.1. The predicted octanol–water partition coefficient (Wildman–Crippen LogP) is -0.573. The number of rotatable bonds is 7. The molecular weight excluding hydrogens is 215 g/mol. The first-order valence-electron chi connectivity index (χ1n) is 4.42. The first kappa shape index (κ1) is 13.8. The van der Waals surface area contributed by atoms with Gasteiger partial charge in [-0.2, -0.15) is 5.82 Å². The van der Waals surface area contributed by atoms with Gasteiger partial charge in [-0.1, -0.05) is 27.5 Å². The maximum Gasteiger partial charge on any atom is 0.221 e. The zero-order chi connectivity index (χ0) is 10.6. The third-order valence-corrected chi connectivity index (χ3v) is 3.69. The molecule has 0 aliphatic carbocycles. The second-order valence-corrected chi connectivity index (χ2v) is 5.09. The first-order chi connectivity index (χ1) is 6.81. The fourth-order valence-corrected chi connectivity index (χ4v) is 2.47. The number of amides is 1. The molecule has 0 aromatic rings. The number of carbonyl (C=O) groups excluding carboxylic acids is 1. The summed E-state index contributed by atoms with van der Waals surface area (Å²) in [6.45, 7) is 1.14. The largest absolute Gasteiger partial charge is 0.345 e. The highest BCUT2D eigenvalue weighted by Crippen LogP contribution is 2.20. The van der Waals surface area contributed by atoms with Gasteiger partial charge in [0.2, 0.25) is 5.91 Å². The lowest BCUT2D eigenvalue weighted by molar-refractivity contribution is -0.120. The SMILES string of the molecule is BC#CCNC(=O)CCSSCCN. The van der Waals surface area contributed by atoms with Crippen molar-refractivity contribution < 1.29 is 4.79 Å². The molecule has 0 saturated heterocycles. The van der Waals surface area contributed by atoms with Gasteiger partial charge in [0.05, 0.1) is 6.54 Å². The van der Waals surface area contributed by atoms with Crippen molar-refractivity contribution in [1.82, 2.24) is 5.32 Å². The molecule has 0 bridgehead atoms. The highest BCUT2D eigenvalue weighted by Gasteiger charge is 1.98. The third-order valence-electron chi connectivity index (χ3n) is 1.25. The molecular formula is C8H15BN2OS2. The fraction of sp³-hybridized carbons (Fsp3) is 0.625. The van der Waals surface area contributed by atoms with Gasteiger partial charge < -0.3 is 11.1 Å². The molecule has 3 nitrogen and oxygen atoms in total. The molecule has 0 aliphatic rings. The number of nitrogens with one attached hydrogen (secondary N) is 1. The molecule has 0 fully saturated rings. The summed E-state index contributed by atoms with van der Waals surface area (Å²) in [7, 11) is 5.15. The zero-order valence-electron chi connectivity index (χ0n) is 8.34. The summed E-state index contributed by atoms with van der Waals surface area (Å²) in [5, 5.41) is 2.71. The Balaban J connectivity index is 3.21. The van der Waals surface area contributed by atoms with Crippen LogP contribution < -0.4 is 11.1 Å². The summed E-state index contributed by atoms with van der Waals surface area (Å²) in [5.41, 5.74) is 5.32. The monoisotopic (exact) mass is 230 g/mol. The van der Waals surface area contributed by atoms with Crippen LogP contribution in [0, 0.1) is 11.7 Å². The molecule has 0 heterocycles. The highest BCUT2D eigenvalue weighted by atomic mass is 33.1. The van der Waals surface area contributed by atoms with Crippen molar-refractivity contribution in [2.45, 2.75) is 6.42 Å². The molecule has 78 valence electrons. The van der Waals surface area contributed by atoms with Crippen molar-refractivity contribution in [2.75, 3.05) is 24.6 Å². The van der Waals surface area contributed by atoms with E-state index in [1.54, 1.807) is 29.4 Å². The molecule has 0 aromatic heterocycles. The molecule has 0 radical (unpaired) electrons. The lowest BCUT2D eigenvalue weighted by Crippen LogP contribution is -2.23. The van der Waals surface area contributed by atoms with Gasteiger partial charge in [0.25, 0.3) is 0 Å².